The summed E-state index contributed by atoms with van der Waals surface area (Å²) in [5.74, 6) is 0.287. The first-order valence-electron chi connectivity index (χ1n) is 10.5. The van der Waals surface area contributed by atoms with Crippen molar-refractivity contribution in [3.05, 3.63) is 53.0 Å². The van der Waals surface area contributed by atoms with Gasteiger partial charge in [-0.1, -0.05) is 0 Å². The highest BCUT2D eigenvalue weighted by Crippen LogP contribution is 2.33. The summed E-state index contributed by atoms with van der Waals surface area (Å²) in [5.41, 5.74) is 0.636. The van der Waals surface area contributed by atoms with Crippen molar-refractivity contribution < 1.29 is 46.2 Å². The van der Waals surface area contributed by atoms with Gasteiger partial charge in [-0.05, 0) is 55.3 Å². The van der Waals surface area contributed by atoms with E-state index in [-0.39, 0.29) is 35.7 Å². The number of thiazole rings is 1. The molecule has 1 amide bonds. The molecule has 0 spiro atoms. The van der Waals surface area contributed by atoms with Crippen LogP contribution in [0.5, 0.6) is 5.75 Å². The molecule has 1 aliphatic heterocycles. The van der Waals surface area contributed by atoms with E-state index in [4.69, 9.17) is 14.7 Å². The number of nitrogens with one attached hydrogen (secondary N) is 1. The molecule has 1 fully saturated rings. The minimum absolute atomic E-state index is 0.0192. The van der Waals surface area contributed by atoms with Gasteiger partial charge in [0.1, 0.15) is 23.5 Å². The van der Waals surface area contributed by atoms with E-state index in [9.17, 15) is 31.5 Å². The number of fused-ring (bicyclic) bond motifs is 1. The van der Waals surface area contributed by atoms with Gasteiger partial charge in [-0.3, -0.25) is 5.21 Å². The third-order valence-electron chi connectivity index (χ3n) is 5.36. The average Bonchev–Trinajstić information content (AvgIpc) is 3.26. The van der Waals surface area contributed by atoms with Gasteiger partial charge >= 0.3 is 12.3 Å². The highest BCUT2D eigenvalue weighted by Gasteiger charge is 2.41. The van der Waals surface area contributed by atoms with E-state index in [1.165, 1.54) is 47.1 Å². The van der Waals surface area contributed by atoms with Crippen LogP contribution in [0.4, 0.5) is 18.0 Å². The fourth-order valence-electron chi connectivity index (χ4n) is 3.65. The lowest BCUT2D eigenvalue weighted by atomic mass is 10.1. The highest BCUT2D eigenvalue weighted by atomic mass is 32.2. The Labute approximate surface area is 206 Å². The van der Waals surface area contributed by atoms with Crippen molar-refractivity contribution in [2.45, 2.75) is 42.9 Å². The van der Waals surface area contributed by atoms with Crippen LogP contribution >= 0.6 is 11.3 Å². The predicted molar refractivity (Wildman–Crippen MR) is 120 cm³/mol. The molecule has 10 nitrogen and oxygen atoms in total. The number of hydroxylamine groups is 1. The number of rotatable bonds is 6. The van der Waals surface area contributed by atoms with Crippen LogP contribution in [0.3, 0.4) is 0 Å². The Morgan fingerprint density at radius 3 is 2.61 bits per heavy atom. The van der Waals surface area contributed by atoms with E-state index in [0.29, 0.717) is 16.1 Å². The van der Waals surface area contributed by atoms with Gasteiger partial charge in [0.25, 0.3) is 0 Å². The smallest absolute Gasteiger partial charge is 0.432 e. The van der Waals surface area contributed by atoms with Crippen LogP contribution in [-0.2, 0) is 27.5 Å². The zero-order valence-electron chi connectivity index (χ0n) is 18.3. The van der Waals surface area contributed by atoms with Gasteiger partial charge in [-0.25, -0.2) is 23.7 Å². The Hall–Kier alpha value is -2.98. The molecule has 36 heavy (non-hydrogen) atoms. The molecule has 1 saturated heterocycles. The van der Waals surface area contributed by atoms with E-state index in [0.717, 1.165) is 16.4 Å². The van der Waals surface area contributed by atoms with Gasteiger partial charge in [0.15, 0.2) is 6.23 Å². The standard InChI is InChI=1S/C21H20F3N3O7S2/c22-21(23,24)12-3-8-17-15(10-12)25-18(35-17)11-33-13-4-6-14(7-5-13)36(31,32)27-9-1-2-16(28)19(27)34-20(29)26-30/h3-8,10,16,19,28,30H,1-2,9,11H2,(H,26,29)/t16-,19+/m0/s1. The van der Waals surface area contributed by atoms with Crippen LogP contribution < -0.4 is 10.2 Å². The van der Waals surface area contributed by atoms with E-state index in [1.54, 1.807) is 0 Å². The second kappa shape index (κ2) is 10.2. The normalized spacial score (nSPS) is 19.2. The molecule has 1 aliphatic rings. The molecule has 194 valence electrons. The van der Waals surface area contributed by atoms with Crippen LogP contribution in [0.2, 0.25) is 0 Å². The minimum Gasteiger partial charge on any atom is -0.486 e. The van der Waals surface area contributed by atoms with Crippen molar-refractivity contribution in [3.63, 3.8) is 0 Å². The quantitative estimate of drug-likeness (QED) is 0.315. The van der Waals surface area contributed by atoms with Crippen molar-refractivity contribution in [1.29, 1.82) is 0 Å². The molecule has 2 aromatic carbocycles. The Balaban J connectivity index is 1.46. The monoisotopic (exact) mass is 547 g/mol. The summed E-state index contributed by atoms with van der Waals surface area (Å²) in [6.07, 6.45) is -8.06. The number of carbonyl (C=O) groups is 1. The Morgan fingerprint density at radius 2 is 1.94 bits per heavy atom. The number of aliphatic hydroxyl groups is 1. The van der Waals surface area contributed by atoms with Crippen LogP contribution in [0, 0.1) is 0 Å². The molecule has 3 aromatic rings. The van der Waals surface area contributed by atoms with Crippen LogP contribution in [-0.4, -0.2) is 53.0 Å². The molecule has 4 rings (SSSR count). The minimum atomic E-state index is -4.47. The molecule has 15 heteroatoms. The third-order valence-corrected chi connectivity index (χ3v) is 8.25. The van der Waals surface area contributed by atoms with Crippen molar-refractivity contribution in [3.8, 4) is 5.75 Å². The number of halogens is 3. The summed E-state index contributed by atoms with van der Waals surface area (Å²) in [5, 5.41) is 19.3. The number of hydrogen-bond donors (Lipinski definition) is 3. The van der Waals surface area contributed by atoms with Crippen LogP contribution in [0.25, 0.3) is 10.2 Å². The first-order valence-corrected chi connectivity index (χ1v) is 12.7. The number of alkyl halides is 3. The number of aromatic nitrogens is 1. The average molecular weight is 548 g/mol. The highest BCUT2D eigenvalue weighted by molar-refractivity contribution is 7.89. The van der Waals surface area contributed by atoms with Gasteiger partial charge in [0.05, 0.1) is 20.7 Å². The summed E-state index contributed by atoms with van der Waals surface area (Å²) >= 11 is 1.18. The number of nitrogens with zero attached hydrogens (tertiary/aromatic N) is 2. The molecular formula is C21H20F3N3O7S2. The maximum Gasteiger partial charge on any atom is 0.432 e. The van der Waals surface area contributed by atoms with Gasteiger partial charge in [-0.15, -0.1) is 11.3 Å². The zero-order chi connectivity index (χ0) is 26.1. The van der Waals surface area contributed by atoms with Gasteiger partial charge in [0.2, 0.25) is 10.0 Å². The molecule has 1 aromatic heterocycles. The largest absolute Gasteiger partial charge is 0.486 e. The number of sulfonamides is 1. The number of carbonyl (C=O) groups excluding carboxylic acids is 1. The van der Waals surface area contributed by atoms with E-state index in [2.05, 4.69) is 4.98 Å². The Kier molecular flexibility index (Phi) is 7.38. The maximum atomic E-state index is 13.1. The van der Waals surface area contributed by atoms with Gasteiger partial charge < -0.3 is 14.6 Å². The number of ether oxygens (including phenoxy) is 2. The Bertz CT molecular complexity index is 1350. The maximum absolute atomic E-state index is 13.1. The summed E-state index contributed by atoms with van der Waals surface area (Å²) in [4.78, 5) is 15.4. The number of amides is 1. The SMILES string of the molecule is O=C(NO)O[C@@H]1[C@@H](O)CCCN1S(=O)(=O)c1ccc(OCc2nc3cc(C(F)(F)F)ccc3s2)cc1. The second-order valence-electron chi connectivity index (χ2n) is 7.78. The number of piperidine rings is 1. The number of aliphatic hydroxyl groups excluding tert-OH is 1. The molecule has 0 unspecified atom stereocenters. The molecule has 3 N–H and O–H groups in total. The lowest BCUT2D eigenvalue weighted by Gasteiger charge is -2.36. The molecule has 0 saturated carbocycles. The summed E-state index contributed by atoms with van der Waals surface area (Å²) in [7, 11) is -4.19. The van der Waals surface area contributed by atoms with Crippen molar-refractivity contribution in [2.24, 2.45) is 0 Å². The predicted octanol–water partition coefficient (Wildman–Crippen LogP) is 3.48. The van der Waals surface area contributed by atoms with Gasteiger partial charge in [0, 0.05) is 6.54 Å². The Morgan fingerprint density at radius 1 is 1.22 bits per heavy atom. The van der Waals surface area contributed by atoms with Crippen molar-refractivity contribution in [1.82, 2.24) is 14.8 Å². The summed E-state index contributed by atoms with van der Waals surface area (Å²) in [6, 6.07) is 8.60. The van der Waals surface area contributed by atoms with Crippen LogP contribution in [0.1, 0.15) is 23.4 Å². The van der Waals surface area contributed by atoms with Crippen molar-refractivity contribution >= 4 is 37.7 Å². The molecule has 2 heterocycles. The van der Waals surface area contributed by atoms with Crippen LogP contribution in [0.15, 0.2) is 47.4 Å². The molecule has 0 bridgehead atoms. The number of hydrogen-bond acceptors (Lipinski definition) is 9. The lowest BCUT2D eigenvalue weighted by molar-refractivity contribution is -0.137. The topological polar surface area (TPSA) is 138 Å². The van der Waals surface area contributed by atoms with E-state index in [1.807, 2.05) is 0 Å². The van der Waals surface area contributed by atoms with E-state index >= 15 is 0 Å². The summed E-state index contributed by atoms with van der Waals surface area (Å²) in [6.45, 7) is -0.0635. The molecular weight excluding hydrogens is 527 g/mol. The lowest BCUT2D eigenvalue weighted by Crippen LogP contribution is -2.53. The third kappa shape index (κ3) is 5.54. The molecule has 0 aliphatic carbocycles. The first-order chi connectivity index (χ1) is 17.0. The molecule has 0 radical (unpaired) electrons. The van der Waals surface area contributed by atoms with E-state index < -0.39 is 40.2 Å². The van der Waals surface area contributed by atoms with Crippen molar-refractivity contribution in [2.75, 3.05) is 6.54 Å². The zero-order valence-corrected chi connectivity index (χ0v) is 19.9. The second-order valence-corrected chi connectivity index (χ2v) is 10.8. The first kappa shape index (κ1) is 26.1. The fraction of sp³-hybridized carbons (Fsp3) is 0.333. The van der Waals surface area contributed by atoms with Gasteiger partial charge in [-0.2, -0.15) is 17.5 Å². The fourth-order valence-corrected chi connectivity index (χ4v) is 6.09. The number of benzene rings is 2. The molecule has 2 atom stereocenters. The summed E-state index contributed by atoms with van der Waals surface area (Å²) < 4.78 is 76.8.